The Bertz CT molecular complexity index is 1000. The molecule has 3 nitrogen and oxygen atoms in total. The van der Waals surface area contributed by atoms with Crippen molar-refractivity contribution in [3.05, 3.63) is 96.1 Å². The van der Waals surface area contributed by atoms with E-state index >= 15 is 0 Å². The van der Waals surface area contributed by atoms with Crippen LogP contribution in [0.3, 0.4) is 0 Å². The lowest BCUT2D eigenvalue weighted by Gasteiger charge is -2.34. The first kappa shape index (κ1) is 16.5. The summed E-state index contributed by atoms with van der Waals surface area (Å²) in [5, 5.41) is 1.43. The van der Waals surface area contributed by atoms with Crippen LogP contribution >= 0.6 is 7.29 Å². The summed E-state index contributed by atoms with van der Waals surface area (Å²) in [4.78, 5) is 13.1. The smallest absolute Gasteiger partial charge is 0.232 e. The minimum atomic E-state index is -3.27. The minimum absolute atomic E-state index is 0.00413. The standard InChI is InChI=1S/C23H20NO2P/c25-22-16-18-15-17-9-7-8-14-21(17)23(18)24(22)27(26,19-10-3-1-4-11-19)20-12-5-2-6-13-20/h1-14,18,23H,15-16H2. The van der Waals surface area contributed by atoms with E-state index in [0.29, 0.717) is 6.42 Å². The van der Waals surface area contributed by atoms with Gasteiger partial charge in [0.2, 0.25) is 13.2 Å². The molecule has 0 spiro atoms. The summed E-state index contributed by atoms with van der Waals surface area (Å²) >= 11 is 0. The van der Waals surface area contributed by atoms with Gasteiger partial charge in [-0.1, -0.05) is 60.7 Å². The summed E-state index contributed by atoms with van der Waals surface area (Å²) in [5.41, 5.74) is 2.43. The van der Waals surface area contributed by atoms with Crippen LogP contribution in [-0.2, 0) is 15.8 Å². The molecule has 0 saturated carbocycles. The van der Waals surface area contributed by atoms with Crippen LogP contribution in [0.2, 0.25) is 0 Å². The van der Waals surface area contributed by atoms with Gasteiger partial charge in [-0.25, -0.2) is 0 Å². The number of carbonyl (C=O) groups excluding carboxylic acids is 1. The van der Waals surface area contributed by atoms with Gasteiger partial charge in [-0.15, -0.1) is 0 Å². The van der Waals surface area contributed by atoms with Crippen LogP contribution in [0.25, 0.3) is 0 Å². The zero-order valence-electron chi connectivity index (χ0n) is 14.9. The molecule has 1 heterocycles. The summed E-state index contributed by atoms with van der Waals surface area (Å²) in [5.74, 6) is 0.200. The van der Waals surface area contributed by atoms with Crippen LogP contribution < -0.4 is 10.6 Å². The summed E-state index contributed by atoms with van der Waals surface area (Å²) in [6, 6.07) is 27.1. The molecule has 0 aromatic heterocycles. The maximum absolute atomic E-state index is 14.7. The van der Waals surface area contributed by atoms with Crippen LogP contribution in [0.4, 0.5) is 0 Å². The van der Waals surface area contributed by atoms with Gasteiger partial charge in [-0.2, -0.15) is 0 Å². The summed E-state index contributed by atoms with van der Waals surface area (Å²) in [7, 11) is -3.27. The first-order valence-corrected chi connectivity index (χ1v) is 11.0. The number of rotatable bonds is 3. The molecule has 3 aromatic carbocycles. The Labute approximate surface area is 159 Å². The molecular weight excluding hydrogens is 353 g/mol. The van der Waals surface area contributed by atoms with E-state index < -0.39 is 7.29 Å². The largest absolute Gasteiger partial charge is 0.290 e. The molecule has 0 bridgehead atoms. The van der Waals surface area contributed by atoms with Gasteiger partial charge in [-0.3, -0.25) is 14.0 Å². The highest BCUT2D eigenvalue weighted by atomic mass is 31.2. The van der Waals surface area contributed by atoms with E-state index in [0.717, 1.165) is 22.6 Å². The van der Waals surface area contributed by atoms with E-state index in [1.165, 1.54) is 5.56 Å². The first-order valence-electron chi connectivity index (χ1n) is 9.31. The second-order valence-corrected chi connectivity index (χ2v) is 9.91. The molecule has 1 fully saturated rings. The van der Waals surface area contributed by atoms with Crippen molar-refractivity contribution in [1.29, 1.82) is 0 Å². The van der Waals surface area contributed by atoms with E-state index in [2.05, 4.69) is 12.1 Å². The number of nitrogens with zero attached hydrogens (tertiary/aromatic N) is 1. The normalized spacial score (nSPS) is 21.2. The molecule has 0 N–H and O–H groups in total. The third kappa shape index (κ3) is 2.42. The fourth-order valence-corrected chi connectivity index (χ4v) is 7.64. The molecule has 1 saturated heterocycles. The summed E-state index contributed by atoms with van der Waals surface area (Å²) in [6.45, 7) is 0. The molecule has 27 heavy (non-hydrogen) atoms. The van der Waals surface area contributed by atoms with Gasteiger partial charge in [0.05, 0.1) is 6.04 Å². The minimum Gasteiger partial charge on any atom is -0.290 e. The first-order chi connectivity index (χ1) is 13.2. The van der Waals surface area contributed by atoms with Gasteiger partial charge in [0.15, 0.2) is 0 Å². The quantitative estimate of drug-likeness (QED) is 0.650. The van der Waals surface area contributed by atoms with E-state index in [1.54, 1.807) is 4.67 Å². The molecule has 5 rings (SSSR count). The van der Waals surface area contributed by atoms with Gasteiger partial charge in [0.25, 0.3) is 0 Å². The number of benzene rings is 3. The van der Waals surface area contributed by atoms with Crippen molar-refractivity contribution in [2.45, 2.75) is 18.9 Å². The molecule has 2 atom stereocenters. The Balaban J connectivity index is 1.73. The van der Waals surface area contributed by atoms with E-state index in [-0.39, 0.29) is 17.9 Å². The van der Waals surface area contributed by atoms with Crippen molar-refractivity contribution in [2.75, 3.05) is 0 Å². The number of hydrogen-bond acceptors (Lipinski definition) is 2. The Hall–Kier alpha value is -2.64. The third-order valence-corrected chi connectivity index (χ3v) is 8.85. The van der Waals surface area contributed by atoms with Crippen LogP contribution in [-0.4, -0.2) is 10.6 Å². The molecule has 3 aromatic rings. The summed E-state index contributed by atoms with van der Waals surface area (Å²) in [6.07, 6.45) is 1.34. The Kier molecular flexibility index (Phi) is 3.80. The van der Waals surface area contributed by atoms with E-state index in [4.69, 9.17) is 0 Å². The molecule has 2 aliphatic rings. The van der Waals surface area contributed by atoms with Gasteiger partial charge >= 0.3 is 0 Å². The van der Waals surface area contributed by atoms with Gasteiger partial charge in [0.1, 0.15) is 0 Å². The number of fused-ring (bicyclic) bond motifs is 3. The second-order valence-electron chi connectivity index (χ2n) is 7.30. The summed E-state index contributed by atoms with van der Waals surface area (Å²) < 4.78 is 16.4. The lowest BCUT2D eigenvalue weighted by atomic mass is 10.0. The fourth-order valence-electron chi connectivity index (χ4n) is 4.64. The van der Waals surface area contributed by atoms with Crippen molar-refractivity contribution < 1.29 is 9.36 Å². The van der Waals surface area contributed by atoms with E-state index in [1.807, 2.05) is 72.8 Å². The van der Waals surface area contributed by atoms with Crippen molar-refractivity contribution in [2.24, 2.45) is 5.92 Å². The van der Waals surface area contributed by atoms with Crippen LogP contribution in [0.5, 0.6) is 0 Å². The maximum atomic E-state index is 14.7. The lowest BCUT2D eigenvalue weighted by Crippen LogP contribution is -2.35. The zero-order chi connectivity index (χ0) is 18.4. The monoisotopic (exact) mass is 373 g/mol. The van der Waals surface area contributed by atoms with Gasteiger partial charge in [0, 0.05) is 17.0 Å². The van der Waals surface area contributed by atoms with Gasteiger partial charge in [-0.05, 0) is 47.7 Å². The predicted octanol–water partition coefficient (Wildman–Crippen LogP) is 4.06. The number of carbonyl (C=O) groups is 1. The highest BCUT2D eigenvalue weighted by molar-refractivity contribution is 7.77. The highest BCUT2D eigenvalue weighted by Crippen LogP contribution is 2.60. The SMILES string of the molecule is O=C1CC2Cc3ccccc3C2N1P(=O)(c1ccccc1)c1ccccc1. The Morgan fingerprint density at radius 1 is 0.741 bits per heavy atom. The molecule has 0 radical (unpaired) electrons. The highest BCUT2D eigenvalue weighted by Gasteiger charge is 2.53. The van der Waals surface area contributed by atoms with Crippen LogP contribution in [0.15, 0.2) is 84.9 Å². The Morgan fingerprint density at radius 2 is 1.30 bits per heavy atom. The van der Waals surface area contributed by atoms with Crippen LogP contribution in [0, 0.1) is 5.92 Å². The van der Waals surface area contributed by atoms with E-state index in [9.17, 15) is 9.36 Å². The number of amides is 1. The predicted molar refractivity (Wildman–Crippen MR) is 108 cm³/mol. The third-order valence-electron chi connectivity index (χ3n) is 5.77. The second kappa shape index (κ2) is 6.21. The molecule has 2 unspecified atom stereocenters. The molecule has 1 aliphatic heterocycles. The molecule has 1 amide bonds. The molecule has 134 valence electrons. The zero-order valence-corrected chi connectivity index (χ0v) is 15.8. The van der Waals surface area contributed by atoms with Crippen LogP contribution in [0.1, 0.15) is 23.6 Å². The average Bonchev–Trinajstić information content (AvgIpc) is 3.23. The lowest BCUT2D eigenvalue weighted by molar-refractivity contribution is -0.124. The molecule has 1 aliphatic carbocycles. The number of hydrogen-bond donors (Lipinski definition) is 0. The maximum Gasteiger partial charge on any atom is 0.232 e. The average molecular weight is 373 g/mol. The topological polar surface area (TPSA) is 37.4 Å². The molecular formula is C23H20NO2P. The fraction of sp³-hybridized carbons (Fsp3) is 0.174. The molecule has 4 heteroatoms. The van der Waals surface area contributed by atoms with Crippen molar-refractivity contribution in [3.63, 3.8) is 0 Å². The van der Waals surface area contributed by atoms with Crippen molar-refractivity contribution in [1.82, 2.24) is 4.67 Å². The van der Waals surface area contributed by atoms with Gasteiger partial charge < -0.3 is 0 Å². The Morgan fingerprint density at radius 3 is 1.93 bits per heavy atom. The van der Waals surface area contributed by atoms with Crippen molar-refractivity contribution >= 4 is 23.8 Å². The van der Waals surface area contributed by atoms with Crippen molar-refractivity contribution in [3.8, 4) is 0 Å².